The van der Waals surface area contributed by atoms with E-state index in [1.807, 2.05) is 39.5 Å². The molecule has 0 aromatic carbocycles. The molecule has 0 aliphatic heterocycles. The first-order valence-electron chi connectivity index (χ1n) is 5.54. The lowest BCUT2D eigenvalue weighted by molar-refractivity contribution is 1.12. The SMILES string of the molecule is [c]1ccn2cnc(-c3cn4ccnc4cn3)c2c1. The molecule has 18 heavy (non-hydrogen) atoms. The van der Waals surface area contributed by atoms with E-state index in [2.05, 4.69) is 21.0 Å². The van der Waals surface area contributed by atoms with Crippen molar-refractivity contribution >= 4 is 11.2 Å². The van der Waals surface area contributed by atoms with Crippen LogP contribution in [0.3, 0.4) is 0 Å². The minimum atomic E-state index is 0.822. The van der Waals surface area contributed by atoms with Gasteiger partial charge in [-0.25, -0.2) is 15.0 Å². The minimum Gasteiger partial charge on any atom is -0.306 e. The summed E-state index contributed by atoms with van der Waals surface area (Å²) in [5.41, 5.74) is 3.49. The number of aromatic nitrogens is 5. The van der Waals surface area contributed by atoms with Crippen LogP contribution < -0.4 is 0 Å². The molecule has 4 aromatic heterocycles. The number of imidazole rings is 2. The summed E-state index contributed by atoms with van der Waals surface area (Å²) in [6, 6.07) is 6.81. The Morgan fingerprint density at radius 1 is 1.06 bits per heavy atom. The number of hydrogen-bond acceptors (Lipinski definition) is 3. The van der Waals surface area contributed by atoms with E-state index in [4.69, 9.17) is 0 Å². The molecular weight excluding hydrogens is 226 g/mol. The van der Waals surface area contributed by atoms with Crippen molar-refractivity contribution in [3.63, 3.8) is 0 Å². The molecule has 85 valence electrons. The van der Waals surface area contributed by atoms with Gasteiger partial charge in [-0.3, -0.25) is 0 Å². The van der Waals surface area contributed by atoms with E-state index in [1.165, 1.54) is 0 Å². The Hall–Kier alpha value is -2.69. The van der Waals surface area contributed by atoms with Gasteiger partial charge in [-0.15, -0.1) is 0 Å². The molecule has 0 saturated carbocycles. The van der Waals surface area contributed by atoms with Crippen LogP contribution in [-0.4, -0.2) is 23.8 Å². The van der Waals surface area contributed by atoms with Gasteiger partial charge in [-0.1, -0.05) is 0 Å². The number of fused-ring (bicyclic) bond motifs is 2. The molecular formula is C13H8N5. The number of pyridine rings is 1. The maximum absolute atomic E-state index is 4.40. The molecule has 0 spiro atoms. The van der Waals surface area contributed by atoms with E-state index in [0.29, 0.717) is 0 Å². The van der Waals surface area contributed by atoms with E-state index in [1.54, 1.807) is 18.7 Å². The van der Waals surface area contributed by atoms with Gasteiger partial charge in [-0.05, 0) is 18.2 Å². The number of nitrogens with zero attached hydrogens (tertiary/aromatic N) is 5. The second-order valence-electron chi connectivity index (χ2n) is 3.98. The molecule has 0 saturated heterocycles. The van der Waals surface area contributed by atoms with E-state index in [0.717, 1.165) is 22.6 Å². The van der Waals surface area contributed by atoms with Crippen LogP contribution in [-0.2, 0) is 0 Å². The van der Waals surface area contributed by atoms with Gasteiger partial charge in [0.2, 0.25) is 0 Å². The minimum absolute atomic E-state index is 0.822. The standard InChI is InChI=1S/C13H8N5/c1-2-5-18-9-16-13(11(18)3-1)10-8-17-6-4-14-12(17)7-15-10/h2-9H. The van der Waals surface area contributed by atoms with Crippen molar-refractivity contribution in [2.45, 2.75) is 0 Å². The molecule has 0 aliphatic rings. The Kier molecular flexibility index (Phi) is 1.77. The summed E-state index contributed by atoms with van der Waals surface area (Å²) in [6.45, 7) is 0. The molecule has 0 fully saturated rings. The van der Waals surface area contributed by atoms with Gasteiger partial charge in [0.05, 0.1) is 11.7 Å². The topological polar surface area (TPSA) is 47.5 Å². The van der Waals surface area contributed by atoms with Gasteiger partial charge in [0.1, 0.15) is 17.7 Å². The monoisotopic (exact) mass is 234 g/mol. The Morgan fingerprint density at radius 2 is 2.06 bits per heavy atom. The van der Waals surface area contributed by atoms with Crippen LogP contribution in [0.2, 0.25) is 0 Å². The molecule has 1 radical (unpaired) electrons. The molecule has 0 atom stereocenters. The van der Waals surface area contributed by atoms with Gasteiger partial charge in [0.15, 0.2) is 5.65 Å². The normalized spacial score (nSPS) is 11.3. The molecule has 5 heteroatoms. The second kappa shape index (κ2) is 3.40. The van der Waals surface area contributed by atoms with Crippen molar-refractivity contribution in [2.75, 3.05) is 0 Å². The molecule has 0 aliphatic carbocycles. The maximum Gasteiger partial charge on any atom is 0.155 e. The first kappa shape index (κ1) is 9.35. The molecule has 4 aromatic rings. The van der Waals surface area contributed by atoms with Gasteiger partial charge < -0.3 is 8.80 Å². The fraction of sp³-hybridized carbons (Fsp3) is 0. The van der Waals surface area contributed by atoms with E-state index >= 15 is 0 Å². The third kappa shape index (κ3) is 1.24. The lowest BCUT2D eigenvalue weighted by Gasteiger charge is -1.99. The van der Waals surface area contributed by atoms with Gasteiger partial charge >= 0.3 is 0 Å². The van der Waals surface area contributed by atoms with Crippen LogP contribution in [0, 0.1) is 6.07 Å². The number of hydrogen-bond donors (Lipinski definition) is 0. The first-order valence-corrected chi connectivity index (χ1v) is 5.54. The highest BCUT2D eigenvalue weighted by molar-refractivity contribution is 5.74. The molecule has 0 N–H and O–H groups in total. The van der Waals surface area contributed by atoms with Crippen LogP contribution in [0.15, 0.2) is 49.4 Å². The van der Waals surface area contributed by atoms with E-state index < -0.39 is 0 Å². The fourth-order valence-corrected chi connectivity index (χ4v) is 2.03. The average Bonchev–Trinajstić information content (AvgIpc) is 3.04. The van der Waals surface area contributed by atoms with Crippen LogP contribution in [0.5, 0.6) is 0 Å². The zero-order valence-corrected chi connectivity index (χ0v) is 9.35. The molecule has 0 amide bonds. The highest BCUT2D eigenvalue weighted by atomic mass is 15.0. The van der Waals surface area contributed by atoms with Crippen molar-refractivity contribution in [1.82, 2.24) is 23.8 Å². The summed E-state index contributed by atoms with van der Waals surface area (Å²) in [4.78, 5) is 13.0. The zero-order valence-electron chi connectivity index (χ0n) is 9.35. The quantitative estimate of drug-likeness (QED) is 0.505. The van der Waals surface area contributed by atoms with Crippen molar-refractivity contribution < 1.29 is 0 Å². The molecule has 0 unspecified atom stereocenters. The van der Waals surface area contributed by atoms with E-state index in [9.17, 15) is 0 Å². The third-order valence-electron chi connectivity index (χ3n) is 2.91. The summed E-state index contributed by atoms with van der Waals surface area (Å²) in [7, 11) is 0. The van der Waals surface area contributed by atoms with Crippen LogP contribution in [0.1, 0.15) is 0 Å². The van der Waals surface area contributed by atoms with Crippen LogP contribution >= 0.6 is 0 Å². The summed E-state index contributed by atoms with van der Waals surface area (Å²) < 4.78 is 3.88. The van der Waals surface area contributed by atoms with E-state index in [-0.39, 0.29) is 0 Å². The summed E-state index contributed by atoms with van der Waals surface area (Å²) >= 11 is 0. The summed E-state index contributed by atoms with van der Waals surface area (Å²) in [5.74, 6) is 0. The predicted octanol–water partition coefficient (Wildman–Crippen LogP) is 1.84. The lowest BCUT2D eigenvalue weighted by atomic mass is 10.2. The first-order chi connectivity index (χ1) is 8.92. The van der Waals surface area contributed by atoms with Gasteiger partial charge in [-0.2, -0.15) is 0 Å². The van der Waals surface area contributed by atoms with Crippen molar-refractivity contribution in [2.24, 2.45) is 0 Å². The predicted molar refractivity (Wildman–Crippen MR) is 66.0 cm³/mol. The molecule has 4 heterocycles. The zero-order chi connectivity index (χ0) is 11.9. The maximum atomic E-state index is 4.40. The Balaban J connectivity index is 2.00. The second-order valence-corrected chi connectivity index (χ2v) is 3.98. The summed E-state index contributed by atoms with van der Waals surface area (Å²) in [5, 5.41) is 0. The highest BCUT2D eigenvalue weighted by Crippen LogP contribution is 2.20. The van der Waals surface area contributed by atoms with Gasteiger partial charge in [0.25, 0.3) is 0 Å². The molecule has 0 bridgehead atoms. The molecule has 5 nitrogen and oxygen atoms in total. The van der Waals surface area contributed by atoms with Crippen molar-refractivity contribution in [3.8, 4) is 11.4 Å². The van der Waals surface area contributed by atoms with Crippen molar-refractivity contribution in [1.29, 1.82) is 0 Å². The third-order valence-corrected chi connectivity index (χ3v) is 2.91. The van der Waals surface area contributed by atoms with Crippen LogP contribution in [0.25, 0.3) is 22.6 Å². The molecule has 4 rings (SSSR count). The van der Waals surface area contributed by atoms with Gasteiger partial charge in [0, 0.05) is 24.8 Å². The summed E-state index contributed by atoms with van der Waals surface area (Å²) in [6.07, 6.45) is 11.0. The smallest absolute Gasteiger partial charge is 0.155 e. The lowest BCUT2D eigenvalue weighted by Crippen LogP contribution is -1.90. The Labute approximate surface area is 102 Å². The van der Waals surface area contributed by atoms with Crippen molar-refractivity contribution in [3.05, 3.63) is 55.5 Å². The largest absolute Gasteiger partial charge is 0.306 e. The number of rotatable bonds is 1. The van der Waals surface area contributed by atoms with Crippen LogP contribution in [0.4, 0.5) is 0 Å². The fourth-order valence-electron chi connectivity index (χ4n) is 2.03. The Bertz CT molecular complexity index is 842. The Morgan fingerprint density at radius 3 is 3.06 bits per heavy atom. The average molecular weight is 234 g/mol. The highest BCUT2D eigenvalue weighted by Gasteiger charge is 2.08.